The van der Waals surface area contributed by atoms with Crippen LogP contribution in [-0.4, -0.2) is 20.6 Å². The molecule has 4 rings (SSSR count). The molecule has 36 heavy (non-hydrogen) atoms. The topological polar surface area (TPSA) is 102 Å². The number of aliphatic hydroxyl groups is 1. The van der Waals surface area contributed by atoms with E-state index in [2.05, 4.69) is 16.4 Å². The summed E-state index contributed by atoms with van der Waals surface area (Å²) in [6, 6.07) is 13.7. The van der Waals surface area contributed by atoms with Gasteiger partial charge in [0, 0.05) is 29.4 Å². The van der Waals surface area contributed by atoms with Crippen LogP contribution in [0.1, 0.15) is 46.7 Å². The number of carbonyl (C=O) groups excluding carboxylic acids is 1. The Labute approximate surface area is 213 Å². The first-order valence-corrected chi connectivity index (χ1v) is 12.2. The highest BCUT2D eigenvalue weighted by atomic mass is 32.1. The fourth-order valence-corrected chi connectivity index (χ4v) is 4.93. The predicted molar refractivity (Wildman–Crippen MR) is 140 cm³/mol. The molecule has 4 N–H and O–H groups in total. The Morgan fingerprint density at radius 3 is 2.64 bits per heavy atom. The second kappa shape index (κ2) is 10.2. The van der Waals surface area contributed by atoms with Crippen LogP contribution in [-0.2, 0) is 30.6 Å². The van der Waals surface area contributed by atoms with Crippen molar-refractivity contribution >= 4 is 28.1 Å². The monoisotopic (exact) mass is 508 g/mol. The van der Waals surface area contributed by atoms with Gasteiger partial charge in [0.15, 0.2) is 0 Å². The molecule has 1 amide bonds. The van der Waals surface area contributed by atoms with Crippen LogP contribution in [0.2, 0.25) is 0 Å². The number of nitrogens with two attached hydrogens (primary N) is 1. The third-order valence-electron chi connectivity index (χ3n) is 5.73. The van der Waals surface area contributed by atoms with Crippen LogP contribution in [0.4, 0.5) is 15.2 Å². The molecule has 0 aliphatic carbocycles. The molecule has 0 radical (unpaired) electrons. The van der Waals surface area contributed by atoms with Crippen molar-refractivity contribution in [2.75, 3.05) is 5.32 Å². The summed E-state index contributed by atoms with van der Waals surface area (Å²) in [5.74, 6) is -0.616. The summed E-state index contributed by atoms with van der Waals surface area (Å²) in [4.78, 5) is 17.2. The Morgan fingerprint density at radius 2 is 2.00 bits per heavy atom. The molecule has 0 aliphatic rings. The summed E-state index contributed by atoms with van der Waals surface area (Å²) in [7, 11) is 1.98. The van der Waals surface area contributed by atoms with Crippen molar-refractivity contribution in [3.05, 3.63) is 88.6 Å². The lowest BCUT2D eigenvalue weighted by Crippen LogP contribution is -2.15. The number of nitrogens with one attached hydrogen (secondary N) is 1. The summed E-state index contributed by atoms with van der Waals surface area (Å²) in [6.07, 6.45) is 2.04. The molecule has 3 heterocycles. The number of halogens is 1. The van der Waals surface area contributed by atoms with Gasteiger partial charge in [0.1, 0.15) is 16.6 Å². The molecule has 0 saturated carbocycles. The molecule has 0 unspecified atom stereocenters. The zero-order valence-corrected chi connectivity index (χ0v) is 21.4. The number of primary amides is 1. The highest BCUT2D eigenvalue weighted by Gasteiger charge is 2.21. The Bertz CT molecular complexity index is 1400. The number of anilines is 2. The van der Waals surface area contributed by atoms with Gasteiger partial charge in [-0.05, 0) is 62.2 Å². The summed E-state index contributed by atoms with van der Waals surface area (Å²) < 4.78 is 22.7. The fraction of sp³-hybridized carbons (Fsp3) is 0.259. The van der Waals surface area contributed by atoms with Crippen LogP contribution in [0.3, 0.4) is 0 Å². The smallest absolute Gasteiger partial charge is 0.251 e. The Morgan fingerprint density at radius 1 is 1.22 bits per heavy atom. The van der Waals surface area contributed by atoms with Crippen molar-refractivity contribution in [1.29, 1.82) is 0 Å². The number of ether oxygens (including phenoxy) is 1. The molecule has 0 bridgehead atoms. The summed E-state index contributed by atoms with van der Waals surface area (Å²) in [5, 5.41) is 13.8. The first-order chi connectivity index (χ1) is 17.0. The van der Waals surface area contributed by atoms with Gasteiger partial charge in [0.2, 0.25) is 0 Å². The largest absolute Gasteiger partial charge is 0.386 e. The Balaban J connectivity index is 1.52. The molecule has 0 spiro atoms. The first kappa shape index (κ1) is 25.6. The van der Waals surface area contributed by atoms with E-state index in [0.29, 0.717) is 40.0 Å². The minimum atomic E-state index is -1.17. The van der Waals surface area contributed by atoms with Crippen LogP contribution in [0.5, 0.6) is 0 Å². The van der Waals surface area contributed by atoms with Crippen LogP contribution in [0.15, 0.2) is 54.7 Å². The lowest BCUT2D eigenvalue weighted by molar-refractivity contribution is 0.0782. The van der Waals surface area contributed by atoms with E-state index in [4.69, 9.17) is 10.5 Å². The molecular formula is C27H29FN4O3S. The standard InChI is InChI=1S/C27H29FN4O3S/c1-16-10-19(32(4)13-16)15-35-14-18-6-5-7-24(30-18)31-26-21(25(29)33)12-23(36-26)20-9-8-17(11-22(20)28)27(2,3)34/h5-13,34H,14-15H2,1-4H3,(H2,29,33)(H,30,31). The number of hydrogen-bond acceptors (Lipinski definition) is 6. The number of aromatic nitrogens is 2. The molecule has 0 fully saturated rings. The summed E-state index contributed by atoms with van der Waals surface area (Å²) in [6.45, 7) is 6.00. The van der Waals surface area contributed by atoms with E-state index in [1.807, 2.05) is 36.9 Å². The van der Waals surface area contributed by atoms with Gasteiger partial charge >= 0.3 is 0 Å². The fourth-order valence-electron chi connectivity index (χ4n) is 3.83. The number of benzene rings is 1. The van der Waals surface area contributed by atoms with Gasteiger partial charge < -0.3 is 25.5 Å². The molecule has 3 aromatic heterocycles. The summed E-state index contributed by atoms with van der Waals surface area (Å²) in [5.41, 5.74) is 8.41. The number of rotatable bonds is 9. The van der Waals surface area contributed by atoms with Gasteiger partial charge in [-0.3, -0.25) is 4.79 Å². The third kappa shape index (κ3) is 5.81. The van der Waals surface area contributed by atoms with Crippen LogP contribution in [0, 0.1) is 12.7 Å². The SMILES string of the molecule is Cc1cc(COCc2cccc(Nc3sc(-c4ccc(C(C)(C)O)cc4F)cc3C(N)=O)n2)n(C)c1. The van der Waals surface area contributed by atoms with E-state index in [1.165, 1.54) is 23.0 Å². The van der Waals surface area contributed by atoms with Gasteiger partial charge in [-0.25, -0.2) is 9.37 Å². The average molecular weight is 509 g/mol. The maximum Gasteiger partial charge on any atom is 0.251 e. The molecular weight excluding hydrogens is 479 g/mol. The maximum absolute atomic E-state index is 14.9. The van der Waals surface area contributed by atoms with E-state index in [0.717, 1.165) is 11.4 Å². The predicted octanol–water partition coefficient (Wildman–Crippen LogP) is 5.38. The van der Waals surface area contributed by atoms with Crippen molar-refractivity contribution in [1.82, 2.24) is 9.55 Å². The Kier molecular flexibility index (Phi) is 7.26. The number of pyridine rings is 1. The van der Waals surface area contributed by atoms with Gasteiger partial charge in [-0.1, -0.05) is 18.2 Å². The second-order valence-electron chi connectivity index (χ2n) is 9.22. The summed E-state index contributed by atoms with van der Waals surface area (Å²) >= 11 is 1.20. The molecule has 188 valence electrons. The molecule has 0 saturated heterocycles. The van der Waals surface area contributed by atoms with E-state index in [-0.39, 0.29) is 5.56 Å². The van der Waals surface area contributed by atoms with E-state index in [1.54, 1.807) is 38.1 Å². The molecule has 1 aromatic carbocycles. The Hall–Kier alpha value is -3.53. The maximum atomic E-state index is 14.9. The minimum absolute atomic E-state index is 0.239. The normalized spacial score (nSPS) is 11.6. The zero-order chi connectivity index (χ0) is 26.0. The second-order valence-corrected chi connectivity index (χ2v) is 10.3. The van der Waals surface area contributed by atoms with Crippen LogP contribution in [0.25, 0.3) is 10.4 Å². The zero-order valence-electron chi connectivity index (χ0n) is 20.6. The molecule has 9 heteroatoms. The third-order valence-corrected chi connectivity index (χ3v) is 6.82. The van der Waals surface area contributed by atoms with E-state index in [9.17, 15) is 14.3 Å². The highest BCUT2D eigenvalue weighted by molar-refractivity contribution is 7.19. The van der Waals surface area contributed by atoms with E-state index < -0.39 is 17.3 Å². The van der Waals surface area contributed by atoms with Gasteiger partial charge in [0.25, 0.3) is 5.91 Å². The van der Waals surface area contributed by atoms with Crippen LogP contribution >= 0.6 is 11.3 Å². The quantitative estimate of drug-likeness (QED) is 0.282. The number of nitrogens with zero attached hydrogens (tertiary/aromatic N) is 2. The molecule has 4 aromatic rings. The number of hydrogen-bond donors (Lipinski definition) is 3. The molecule has 0 aliphatic heterocycles. The van der Waals surface area contributed by atoms with Crippen molar-refractivity contribution in [2.45, 2.75) is 39.6 Å². The van der Waals surface area contributed by atoms with Gasteiger partial charge in [-0.2, -0.15) is 0 Å². The van der Waals surface area contributed by atoms with Crippen molar-refractivity contribution in [3.63, 3.8) is 0 Å². The number of aryl methyl sites for hydroxylation is 2. The van der Waals surface area contributed by atoms with Crippen molar-refractivity contribution in [2.24, 2.45) is 12.8 Å². The number of thiophene rings is 1. The van der Waals surface area contributed by atoms with Gasteiger partial charge in [0.05, 0.1) is 30.1 Å². The highest BCUT2D eigenvalue weighted by Crippen LogP contribution is 2.38. The lowest BCUT2D eigenvalue weighted by atomic mass is 9.96. The number of carbonyl (C=O) groups is 1. The molecule has 0 atom stereocenters. The van der Waals surface area contributed by atoms with Crippen molar-refractivity contribution < 1.29 is 19.0 Å². The first-order valence-electron chi connectivity index (χ1n) is 11.4. The van der Waals surface area contributed by atoms with Crippen LogP contribution < -0.4 is 11.1 Å². The average Bonchev–Trinajstić information content (AvgIpc) is 3.35. The van der Waals surface area contributed by atoms with E-state index >= 15 is 0 Å². The van der Waals surface area contributed by atoms with Gasteiger partial charge in [-0.15, -0.1) is 11.3 Å². The van der Waals surface area contributed by atoms with Crippen molar-refractivity contribution in [3.8, 4) is 10.4 Å². The molecule has 7 nitrogen and oxygen atoms in total. The minimum Gasteiger partial charge on any atom is -0.386 e. The lowest BCUT2D eigenvalue weighted by Gasteiger charge is -2.18. The number of amides is 1.